The van der Waals surface area contributed by atoms with Crippen molar-refractivity contribution in [3.8, 4) is 5.69 Å². The van der Waals surface area contributed by atoms with Gasteiger partial charge in [0.2, 0.25) is 0 Å². The molecule has 1 amide bonds. The summed E-state index contributed by atoms with van der Waals surface area (Å²) in [5.74, 6) is 0. The van der Waals surface area contributed by atoms with Gasteiger partial charge in [0.1, 0.15) is 5.60 Å². The second kappa shape index (κ2) is 6.83. The van der Waals surface area contributed by atoms with Crippen molar-refractivity contribution in [2.45, 2.75) is 57.7 Å². The molecule has 4 heterocycles. The van der Waals surface area contributed by atoms with E-state index in [0.29, 0.717) is 0 Å². The Morgan fingerprint density at radius 3 is 2.75 bits per heavy atom. The number of carbonyl (C=O) groups is 1. The van der Waals surface area contributed by atoms with E-state index in [1.807, 2.05) is 37.9 Å². The third-order valence-corrected chi connectivity index (χ3v) is 6.73. The minimum atomic E-state index is -0.496. The van der Waals surface area contributed by atoms with Crippen molar-refractivity contribution in [3.63, 3.8) is 0 Å². The second-order valence-electron chi connectivity index (χ2n) is 9.93. The van der Waals surface area contributed by atoms with Crippen LogP contribution >= 0.6 is 0 Å². The van der Waals surface area contributed by atoms with Gasteiger partial charge in [-0.15, -0.1) is 0 Å². The van der Waals surface area contributed by atoms with E-state index in [2.05, 4.69) is 58.1 Å². The Balaban J connectivity index is 1.53. The number of hydrogen-bond acceptors (Lipinski definition) is 3. The zero-order chi connectivity index (χ0) is 22.0. The van der Waals surface area contributed by atoms with E-state index in [4.69, 9.17) is 4.74 Å². The Kier molecular flexibility index (Phi) is 4.13. The normalized spacial score (nSPS) is 20.0. The highest BCUT2D eigenvalue weighted by Gasteiger charge is 2.46. The minimum Gasteiger partial charge on any atom is -0.444 e. The third-order valence-electron chi connectivity index (χ3n) is 6.73. The molecular weight excluding hydrogens is 398 g/mol. The summed E-state index contributed by atoms with van der Waals surface area (Å²) in [5.41, 5.74) is 5.45. The fraction of sp³-hybridized carbons (Fsp3) is 0.333. The van der Waals surface area contributed by atoms with E-state index in [9.17, 15) is 4.79 Å². The Hall–Kier alpha value is -3.34. The summed E-state index contributed by atoms with van der Waals surface area (Å²) in [4.78, 5) is 19.6. The summed E-state index contributed by atoms with van der Waals surface area (Å²) in [5, 5.41) is 2.36. The lowest BCUT2D eigenvalue weighted by molar-refractivity contribution is 0.0124. The first kappa shape index (κ1) is 19.4. The summed E-state index contributed by atoms with van der Waals surface area (Å²) in [6, 6.07) is 19.4. The number of amides is 1. The predicted octanol–water partition coefficient (Wildman–Crippen LogP) is 6.18. The van der Waals surface area contributed by atoms with E-state index < -0.39 is 5.60 Å². The molecular formula is C27H27N3O2. The number of pyridine rings is 1. The summed E-state index contributed by atoms with van der Waals surface area (Å²) in [7, 11) is 0. The zero-order valence-corrected chi connectivity index (χ0v) is 18.7. The third kappa shape index (κ3) is 2.91. The van der Waals surface area contributed by atoms with Crippen molar-refractivity contribution in [1.29, 1.82) is 0 Å². The molecule has 5 nitrogen and oxygen atoms in total. The molecule has 2 atom stereocenters. The van der Waals surface area contributed by atoms with Crippen molar-refractivity contribution >= 4 is 27.9 Å². The van der Waals surface area contributed by atoms with Crippen LogP contribution in [-0.4, -0.2) is 32.2 Å². The quantitative estimate of drug-likeness (QED) is 0.366. The standard InChI is InChI=1S/C27H27N3O2/c1-27(2,3)32-26(31)30-19-11-13-23(30)25-20-8-4-5-9-22(20)29(24(25)16-19)18-10-12-21-17(15-18)7-6-14-28-21/h4-10,12,14-15,19,23H,11,13,16H2,1-3H3. The van der Waals surface area contributed by atoms with Crippen LogP contribution in [0.25, 0.3) is 27.5 Å². The first-order valence-corrected chi connectivity index (χ1v) is 11.4. The first-order chi connectivity index (χ1) is 15.4. The topological polar surface area (TPSA) is 47.4 Å². The molecule has 6 rings (SSSR count). The summed E-state index contributed by atoms with van der Waals surface area (Å²) >= 11 is 0. The maximum atomic E-state index is 13.1. The SMILES string of the molecule is CC(C)(C)OC(=O)N1C2CCC1c1c(n(-c3ccc4ncccc4c3)c3ccccc13)C2. The molecule has 0 saturated carbocycles. The average Bonchev–Trinajstić information content (AvgIpc) is 3.26. The van der Waals surface area contributed by atoms with Crippen LogP contribution in [0, 0.1) is 0 Å². The molecule has 2 unspecified atom stereocenters. The number of para-hydroxylation sites is 1. The van der Waals surface area contributed by atoms with Crippen molar-refractivity contribution in [1.82, 2.24) is 14.5 Å². The molecule has 0 N–H and O–H groups in total. The van der Waals surface area contributed by atoms with Crippen molar-refractivity contribution in [3.05, 3.63) is 72.1 Å². The summed E-state index contributed by atoms with van der Waals surface area (Å²) in [6.07, 6.45) is 4.47. The fourth-order valence-electron chi connectivity index (χ4n) is 5.57. The first-order valence-electron chi connectivity index (χ1n) is 11.4. The molecule has 2 aliphatic heterocycles. The van der Waals surface area contributed by atoms with Gasteiger partial charge in [-0.1, -0.05) is 24.3 Å². The summed E-state index contributed by atoms with van der Waals surface area (Å²) < 4.78 is 8.20. The van der Waals surface area contributed by atoms with Crippen molar-refractivity contribution in [2.75, 3.05) is 0 Å². The molecule has 5 heteroatoms. The second-order valence-corrected chi connectivity index (χ2v) is 9.93. The molecule has 1 fully saturated rings. The van der Waals surface area contributed by atoms with Crippen LogP contribution < -0.4 is 0 Å². The number of aromatic nitrogens is 2. The van der Waals surface area contributed by atoms with Crippen LogP contribution in [0.4, 0.5) is 4.79 Å². The van der Waals surface area contributed by atoms with Gasteiger partial charge in [0.25, 0.3) is 0 Å². The van der Waals surface area contributed by atoms with E-state index in [1.165, 1.54) is 22.2 Å². The molecule has 2 bridgehead atoms. The maximum Gasteiger partial charge on any atom is 0.411 e. The largest absolute Gasteiger partial charge is 0.444 e. The van der Waals surface area contributed by atoms with Gasteiger partial charge < -0.3 is 9.30 Å². The van der Waals surface area contributed by atoms with Crippen LogP contribution in [0.3, 0.4) is 0 Å². The highest BCUT2D eigenvalue weighted by molar-refractivity contribution is 5.90. The summed E-state index contributed by atoms with van der Waals surface area (Å²) in [6.45, 7) is 5.80. The molecule has 162 valence electrons. The van der Waals surface area contributed by atoms with Gasteiger partial charge in [-0.2, -0.15) is 0 Å². The van der Waals surface area contributed by atoms with Gasteiger partial charge in [-0.3, -0.25) is 9.88 Å². The monoisotopic (exact) mass is 425 g/mol. The van der Waals surface area contributed by atoms with Crippen LogP contribution in [0.1, 0.15) is 50.9 Å². The number of fused-ring (bicyclic) bond motifs is 7. The molecule has 2 aromatic heterocycles. The lowest BCUT2D eigenvalue weighted by Gasteiger charge is -2.36. The van der Waals surface area contributed by atoms with Gasteiger partial charge in [0, 0.05) is 46.4 Å². The Morgan fingerprint density at radius 1 is 1.06 bits per heavy atom. The molecule has 0 aliphatic carbocycles. The van der Waals surface area contributed by atoms with E-state index in [1.54, 1.807) is 0 Å². The average molecular weight is 426 g/mol. The van der Waals surface area contributed by atoms with Crippen molar-refractivity contribution < 1.29 is 9.53 Å². The molecule has 0 radical (unpaired) electrons. The van der Waals surface area contributed by atoms with Crippen LogP contribution in [-0.2, 0) is 11.2 Å². The number of benzene rings is 2. The molecule has 0 spiro atoms. The van der Waals surface area contributed by atoms with E-state index in [0.717, 1.165) is 35.9 Å². The van der Waals surface area contributed by atoms with Gasteiger partial charge in [-0.05, 0) is 63.9 Å². The lowest BCUT2D eigenvalue weighted by Crippen LogP contribution is -2.44. The zero-order valence-electron chi connectivity index (χ0n) is 18.7. The van der Waals surface area contributed by atoms with Gasteiger partial charge >= 0.3 is 6.09 Å². The smallest absolute Gasteiger partial charge is 0.411 e. The van der Waals surface area contributed by atoms with E-state index in [-0.39, 0.29) is 18.2 Å². The number of rotatable bonds is 1. The number of nitrogens with zero attached hydrogens (tertiary/aromatic N) is 3. The van der Waals surface area contributed by atoms with Crippen molar-refractivity contribution in [2.24, 2.45) is 0 Å². The van der Waals surface area contributed by atoms with Gasteiger partial charge in [-0.25, -0.2) is 4.79 Å². The van der Waals surface area contributed by atoms with Gasteiger partial charge in [0.15, 0.2) is 0 Å². The number of hydrogen-bond donors (Lipinski definition) is 0. The van der Waals surface area contributed by atoms with Gasteiger partial charge in [0.05, 0.1) is 17.1 Å². The fourth-order valence-corrected chi connectivity index (χ4v) is 5.57. The van der Waals surface area contributed by atoms with Crippen LogP contribution in [0.15, 0.2) is 60.8 Å². The highest BCUT2D eigenvalue weighted by atomic mass is 16.6. The Bertz CT molecular complexity index is 1360. The number of carbonyl (C=O) groups excluding carboxylic acids is 1. The Labute approximate surface area is 187 Å². The highest BCUT2D eigenvalue weighted by Crippen LogP contribution is 2.49. The van der Waals surface area contributed by atoms with Crippen LogP contribution in [0.5, 0.6) is 0 Å². The minimum absolute atomic E-state index is 0.0619. The lowest BCUT2D eigenvalue weighted by atomic mass is 9.97. The molecule has 1 saturated heterocycles. The maximum absolute atomic E-state index is 13.1. The molecule has 2 aliphatic rings. The Morgan fingerprint density at radius 2 is 1.91 bits per heavy atom. The molecule has 32 heavy (non-hydrogen) atoms. The number of ether oxygens (including phenoxy) is 1. The van der Waals surface area contributed by atoms with E-state index >= 15 is 0 Å². The predicted molar refractivity (Wildman–Crippen MR) is 126 cm³/mol. The molecule has 2 aromatic carbocycles. The molecule has 4 aromatic rings. The van der Waals surface area contributed by atoms with Crippen LogP contribution in [0.2, 0.25) is 0 Å².